The molecular weight excluding hydrogens is 456 g/mol. The van der Waals surface area contributed by atoms with Crippen LogP contribution in [0.4, 0.5) is 11.4 Å². The normalized spacial score (nSPS) is 11.5. The van der Waals surface area contributed by atoms with E-state index in [0.717, 1.165) is 5.39 Å². The number of sulfonamides is 1. The maximum absolute atomic E-state index is 12.8. The molecule has 0 radical (unpaired) electrons. The predicted octanol–water partition coefficient (Wildman–Crippen LogP) is 4.90. The van der Waals surface area contributed by atoms with Crippen molar-refractivity contribution in [3.8, 4) is 11.5 Å². The van der Waals surface area contributed by atoms with Crippen molar-refractivity contribution >= 4 is 44.4 Å². The van der Waals surface area contributed by atoms with Crippen molar-refractivity contribution in [1.29, 1.82) is 0 Å². The molecule has 0 saturated carbocycles. The zero-order chi connectivity index (χ0) is 24.1. The summed E-state index contributed by atoms with van der Waals surface area (Å²) in [6, 6.07) is 19.9. The van der Waals surface area contributed by atoms with E-state index in [9.17, 15) is 13.2 Å². The van der Waals surface area contributed by atoms with Crippen LogP contribution < -0.4 is 19.5 Å². The van der Waals surface area contributed by atoms with E-state index in [2.05, 4.69) is 10.0 Å². The molecule has 0 saturated heterocycles. The number of hydrogen-bond acceptors (Lipinski definition) is 6. The standard InChI is InChI=1S/C25H22N2O6S/c1-31-22-11-4-3-10-21(22)27-34(29,30)20-9-6-8-18(16-20)26-24(28)14-13-19-15-17-7-5-12-23(32-2)25(17)33-19/h3-16,27H,1-2H3,(H,26,28)/b14-13+. The highest BCUT2D eigenvalue weighted by Gasteiger charge is 2.17. The van der Waals surface area contributed by atoms with Gasteiger partial charge in [0.05, 0.1) is 24.8 Å². The SMILES string of the molecule is COc1ccccc1NS(=O)(=O)c1cccc(NC(=O)/C=C/c2cc3cccc(OC)c3o2)c1. The molecule has 1 amide bonds. The summed E-state index contributed by atoms with van der Waals surface area (Å²) in [6.07, 6.45) is 2.83. The third kappa shape index (κ3) is 5.05. The van der Waals surface area contributed by atoms with Gasteiger partial charge in [0.25, 0.3) is 10.0 Å². The molecule has 3 aromatic carbocycles. The first-order valence-corrected chi connectivity index (χ1v) is 11.7. The van der Waals surface area contributed by atoms with Crippen LogP contribution in [-0.2, 0) is 14.8 Å². The van der Waals surface area contributed by atoms with Crippen LogP contribution in [0.25, 0.3) is 17.0 Å². The molecule has 4 aromatic rings. The van der Waals surface area contributed by atoms with Gasteiger partial charge in [-0.05, 0) is 48.5 Å². The van der Waals surface area contributed by atoms with Gasteiger partial charge in [0.2, 0.25) is 5.91 Å². The van der Waals surface area contributed by atoms with Gasteiger partial charge in [-0.15, -0.1) is 0 Å². The number of carbonyl (C=O) groups excluding carboxylic acids is 1. The van der Waals surface area contributed by atoms with Crippen molar-refractivity contribution < 1.29 is 27.1 Å². The Kier molecular flexibility index (Phi) is 6.55. The van der Waals surface area contributed by atoms with Crippen LogP contribution in [0.5, 0.6) is 11.5 Å². The molecule has 0 atom stereocenters. The quantitative estimate of drug-likeness (QED) is 0.349. The van der Waals surface area contributed by atoms with Gasteiger partial charge >= 0.3 is 0 Å². The second-order valence-electron chi connectivity index (χ2n) is 7.18. The minimum atomic E-state index is -3.91. The summed E-state index contributed by atoms with van der Waals surface area (Å²) < 4.78 is 44.4. The summed E-state index contributed by atoms with van der Waals surface area (Å²) >= 11 is 0. The second-order valence-corrected chi connectivity index (χ2v) is 8.87. The van der Waals surface area contributed by atoms with Crippen LogP contribution in [0.15, 0.2) is 88.2 Å². The number of amides is 1. The molecule has 0 fully saturated rings. The Balaban J connectivity index is 1.48. The number of ether oxygens (including phenoxy) is 2. The fourth-order valence-corrected chi connectivity index (χ4v) is 4.43. The van der Waals surface area contributed by atoms with Gasteiger partial charge < -0.3 is 19.2 Å². The maximum atomic E-state index is 12.8. The zero-order valence-electron chi connectivity index (χ0n) is 18.4. The van der Waals surface area contributed by atoms with E-state index in [1.54, 1.807) is 55.6 Å². The molecule has 9 heteroatoms. The van der Waals surface area contributed by atoms with Gasteiger partial charge in [0.15, 0.2) is 11.3 Å². The van der Waals surface area contributed by atoms with Crippen molar-refractivity contribution in [1.82, 2.24) is 0 Å². The average Bonchev–Trinajstić information content (AvgIpc) is 3.26. The molecule has 0 bridgehead atoms. The number of hydrogen-bond donors (Lipinski definition) is 2. The first-order valence-electron chi connectivity index (χ1n) is 10.2. The van der Waals surface area contributed by atoms with E-state index in [4.69, 9.17) is 13.9 Å². The lowest BCUT2D eigenvalue weighted by Gasteiger charge is -2.12. The first-order chi connectivity index (χ1) is 16.4. The van der Waals surface area contributed by atoms with Crippen LogP contribution in [0.2, 0.25) is 0 Å². The van der Waals surface area contributed by atoms with Gasteiger partial charge in [-0.25, -0.2) is 8.42 Å². The van der Waals surface area contributed by atoms with Gasteiger partial charge in [-0.2, -0.15) is 0 Å². The molecule has 0 aliphatic heterocycles. The summed E-state index contributed by atoms with van der Waals surface area (Å²) in [4.78, 5) is 12.4. The highest BCUT2D eigenvalue weighted by atomic mass is 32.2. The summed E-state index contributed by atoms with van der Waals surface area (Å²) in [7, 11) is -0.894. The van der Waals surface area contributed by atoms with E-state index in [1.165, 1.54) is 31.4 Å². The molecule has 4 rings (SSSR count). The summed E-state index contributed by atoms with van der Waals surface area (Å²) in [5.41, 5.74) is 1.22. The third-order valence-electron chi connectivity index (χ3n) is 4.91. The van der Waals surface area contributed by atoms with Crippen LogP contribution in [0.1, 0.15) is 5.76 Å². The molecule has 0 spiro atoms. The van der Waals surface area contributed by atoms with E-state index in [0.29, 0.717) is 34.2 Å². The third-order valence-corrected chi connectivity index (χ3v) is 6.27. The van der Waals surface area contributed by atoms with Crippen molar-refractivity contribution in [2.24, 2.45) is 0 Å². The Hall–Kier alpha value is -4.24. The number of benzene rings is 3. The average molecular weight is 479 g/mol. The second kappa shape index (κ2) is 9.72. The van der Waals surface area contributed by atoms with Crippen LogP contribution in [-0.4, -0.2) is 28.5 Å². The lowest BCUT2D eigenvalue weighted by atomic mass is 10.2. The fourth-order valence-electron chi connectivity index (χ4n) is 3.31. The minimum absolute atomic E-state index is 0.00966. The Morgan fingerprint density at radius 3 is 2.44 bits per heavy atom. The van der Waals surface area contributed by atoms with Gasteiger partial charge in [0.1, 0.15) is 11.5 Å². The molecule has 34 heavy (non-hydrogen) atoms. The molecule has 1 heterocycles. The molecule has 0 aliphatic carbocycles. The Labute approximate surface area is 196 Å². The van der Waals surface area contributed by atoms with Crippen LogP contribution >= 0.6 is 0 Å². The lowest BCUT2D eigenvalue weighted by molar-refractivity contribution is -0.111. The van der Waals surface area contributed by atoms with Gasteiger partial charge in [-0.1, -0.05) is 30.3 Å². The molecule has 2 N–H and O–H groups in total. The zero-order valence-corrected chi connectivity index (χ0v) is 19.3. The number of fused-ring (bicyclic) bond motifs is 1. The molecule has 8 nitrogen and oxygen atoms in total. The molecular formula is C25H22N2O6S. The highest BCUT2D eigenvalue weighted by molar-refractivity contribution is 7.92. The number of furan rings is 1. The number of anilines is 2. The van der Waals surface area contributed by atoms with E-state index in [-0.39, 0.29) is 4.90 Å². The molecule has 0 aliphatic rings. The van der Waals surface area contributed by atoms with Crippen molar-refractivity contribution in [2.45, 2.75) is 4.90 Å². The first kappa shape index (κ1) is 22.9. The Morgan fingerprint density at radius 1 is 0.912 bits per heavy atom. The predicted molar refractivity (Wildman–Crippen MR) is 131 cm³/mol. The Bertz CT molecular complexity index is 1470. The largest absolute Gasteiger partial charge is 0.495 e. The monoisotopic (exact) mass is 478 g/mol. The Morgan fingerprint density at radius 2 is 1.65 bits per heavy atom. The number of rotatable bonds is 8. The smallest absolute Gasteiger partial charge is 0.262 e. The molecule has 1 aromatic heterocycles. The van der Waals surface area contributed by atoms with Gasteiger partial charge in [-0.3, -0.25) is 9.52 Å². The van der Waals surface area contributed by atoms with Gasteiger partial charge in [0, 0.05) is 17.1 Å². The number of methoxy groups -OCH3 is 2. The van der Waals surface area contributed by atoms with Crippen molar-refractivity contribution in [2.75, 3.05) is 24.3 Å². The van der Waals surface area contributed by atoms with Crippen molar-refractivity contribution in [3.05, 3.63) is 84.6 Å². The van der Waals surface area contributed by atoms with Crippen molar-refractivity contribution in [3.63, 3.8) is 0 Å². The summed E-state index contributed by atoms with van der Waals surface area (Å²) in [6.45, 7) is 0. The number of nitrogens with one attached hydrogen (secondary N) is 2. The minimum Gasteiger partial charge on any atom is -0.495 e. The summed E-state index contributed by atoms with van der Waals surface area (Å²) in [5, 5.41) is 3.51. The van der Waals surface area contributed by atoms with E-state index in [1.807, 2.05) is 12.1 Å². The topological polar surface area (TPSA) is 107 Å². The molecule has 0 unspecified atom stereocenters. The van der Waals surface area contributed by atoms with E-state index < -0.39 is 15.9 Å². The van der Waals surface area contributed by atoms with E-state index >= 15 is 0 Å². The van der Waals surface area contributed by atoms with Crippen LogP contribution in [0, 0.1) is 0 Å². The summed E-state index contributed by atoms with van der Waals surface area (Å²) in [5.74, 6) is 1.02. The number of para-hydroxylation sites is 3. The maximum Gasteiger partial charge on any atom is 0.262 e. The number of carbonyl (C=O) groups is 1. The lowest BCUT2D eigenvalue weighted by Crippen LogP contribution is -2.14. The molecule has 174 valence electrons. The fraction of sp³-hybridized carbons (Fsp3) is 0.0800. The van der Waals surface area contributed by atoms with Crippen LogP contribution in [0.3, 0.4) is 0 Å². The highest BCUT2D eigenvalue weighted by Crippen LogP contribution is 2.29.